The van der Waals surface area contributed by atoms with E-state index in [1.54, 1.807) is 12.1 Å². The van der Waals surface area contributed by atoms with Crippen LogP contribution in [0.15, 0.2) is 18.2 Å². The molecule has 0 radical (unpaired) electrons. The lowest BCUT2D eigenvalue weighted by molar-refractivity contribution is 0.0575. The molecule has 3 nitrogen and oxygen atoms in total. The summed E-state index contributed by atoms with van der Waals surface area (Å²) in [7, 11) is 4.32. The van der Waals surface area contributed by atoms with E-state index in [4.69, 9.17) is 4.74 Å². The summed E-state index contributed by atoms with van der Waals surface area (Å²) < 4.78 is 19.0. The van der Waals surface area contributed by atoms with Gasteiger partial charge in [-0.05, 0) is 51.6 Å². The molecule has 1 aromatic carbocycles. The molecule has 0 amide bonds. The standard InChI is InChI=1S/C16H23FN2O/c1-19(2)16(6-3-7-16)11-18-10-14-9-12-8-13(17)4-5-15(12)20-14/h4-5,8,14,18H,3,6-7,9-11H2,1-2H3. The van der Waals surface area contributed by atoms with E-state index in [9.17, 15) is 4.39 Å². The van der Waals surface area contributed by atoms with Gasteiger partial charge in [0.1, 0.15) is 17.7 Å². The van der Waals surface area contributed by atoms with Crippen molar-refractivity contribution in [2.75, 3.05) is 27.2 Å². The normalized spacial score (nSPS) is 23.3. The van der Waals surface area contributed by atoms with E-state index in [0.29, 0.717) is 5.54 Å². The topological polar surface area (TPSA) is 24.5 Å². The minimum Gasteiger partial charge on any atom is -0.488 e. The molecule has 1 aromatic rings. The highest BCUT2D eigenvalue weighted by Gasteiger charge is 2.38. The molecule has 1 unspecified atom stereocenters. The molecule has 1 aliphatic heterocycles. The molecule has 1 atom stereocenters. The first-order valence-electron chi connectivity index (χ1n) is 7.42. The number of fused-ring (bicyclic) bond motifs is 1. The molecule has 0 saturated heterocycles. The van der Waals surface area contributed by atoms with Crippen LogP contribution in [0.2, 0.25) is 0 Å². The second kappa shape index (κ2) is 5.34. The fraction of sp³-hybridized carbons (Fsp3) is 0.625. The van der Waals surface area contributed by atoms with E-state index in [-0.39, 0.29) is 11.9 Å². The molecule has 1 saturated carbocycles. The minimum atomic E-state index is -0.179. The van der Waals surface area contributed by atoms with Crippen LogP contribution in [0.1, 0.15) is 24.8 Å². The van der Waals surface area contributed by atoms with Gasteiger partial charge in [0.05, 0.1) is 0 Å². The first kappa shape index (κ1) is 13.8. The largest absolute Gasteiger partial charge is 0.488 e. The third-order valence-electron chi connectivity index (χ3n) is 4.82. The molecule has 1 N–H and O–H groups in total. The number of hydrogen-bond donors (Lipinski definition) is 1. The number of likely N-dealkylation sites (N-methyl/N-ethyl adjacent to an activating group) is 1. The first-order valence-corrected chi connectivity index (χ1v) is 7.42. The average Bonchev–Trinajstić information content (AvgIpc) is 2.73. The molecule has 3 rings (SSSR count). The predicted molar refractivity (Wildman–Crippen MR) is 77.7 cm³/mol. The van der Waals surface area contributed by atoms with Gasteiger partial charge >= 0.3 is 0 Å². The fourth-order valence-electron chi connectivity index (χ4n) is 3.24. The molecule has 1 heterocycles. The van der Waals surface area contributed by atoms with Crippen LogP contribution in [0, 0.1) is 5.82 Å². The lowest BCUT2D eigenvalue weighted by atomic mass is 9.75. The molecule has 0 bridgehead atoms. The van der Waals surface area contributed by atoms with Crippen LogP contribution in [0.3, 0.4) is 0 Å². The third kappa shape index (κ3) is 2.54. The van der Waals surface area contributed by atoms with Crippen LogP contribution >= 0.6 is 0 Å². The summed E-state index contributed by atoms with van der Waals surface area (Å²) in [5.41, 5.74) is 1.32. The van der Waals surface area contributed by atoms with Crippen molar-refractivity contribution in [1.29, 1.82) is 0 Å². The summed E-state index contributed by atoms with van der Waals surface area (Å²) in [6.45, 7) is 1.83. The molecular weight excluding hydrogens is 255 g/mol. The quantitative estimate of drug-likeness (QED) is 0.893. The van der Waals surface area contributed by atoms with Gasteiger partial charge in [-0.15, -0.1) is 0 Å². The number of nitrogens with zero attached hydrogens (tertiary/aromatic N) is 1. The second-order valence-corrected chi connectivity index (χ2v) is 6.30. The smallest absolute Gasteiger partial charge is 0.123 e. The molecule has 110 valence electrons. The lowest BCUT2D eigenvalue weighted by Gasteiger charge is -2.47. The maximum atomic E-state index is 13.2. The summed E-state index contributed by atoms with van der Waals surface area (Å²) in [5.74, 6) is 0.658. The molecule has 20 heavy (non-hydrogen) atoms. The Morgan fingerprint density at radius 2 is 2.20 bits per heavy atom. The summed E-state index contributed by atoms with van der Waals surface area (Å²) in [6.07, 6.45) is 4.79. The predicted octanol–water partition coefficient (Wildman–Crippen LogP) is 2.20. The van der Waals surface area contributed by atoms with Crippen molar-refractivity contribution < 1.29 is 9.13 Å². The Bertz CT molecular complexity index is 485. The molecule has 1 aliphatic carbocycles. The lowest BCUT2D eigenvalue weighted by Crippen LogP contribution is -2.57. The van der Waals surface area contributed by atoms with Crippen LogP contribution in [-0.2, 0) is 6.42 Å². The molecular formula is C16H23FN2O. The summed E-state index contributed by atoms with van der Waals surface area (Å²) in [6, 6.07) is 4.78. The van der Waals surface area contributed by atoms with E-state index in [1.165, 1.54) is 25.3 Å². The summed E-state index contributed by atoms with van der Waals surface area (Å²) >= 11 is 0. The number of nitrogens with one attached hydrogen (secondary N) is 1. The Labute approximate surface area is 120 Å². The molecule has 0 aromatic heterocycles. The maximum absolute atomic E-state index is 13.2. The van der Waals surface area contributed by atoms with Crippen LogP contribution < -0.4 is 10.1 Å². The van der Waals surface area contributed by atoms with Crippen LogP contribution in [-0.4, -0.2) is 43.7 Å². The fourth-order valence-corrected chi connectivity index (χ4v) is 3.24. The van der Waals surface area contributed by atoms with Gasteiger partial charge in [0.15, 0.2) is 0 Å². The van der Waals surface area contributed by atoms with Gasteiger partial charge in [-0.3, -0.25) is 0 Å². The molecule has 2 aliphatic rings. The van der Waals surface area contributed by atoms with Crippen molar-refractivity contribution in [1.82, 2.24) is 10.2 Å². The van der Waals surface area contributed by atoms with E-state index in [1.807, 2.05) is 0 Å². The van der Waals surface area contributed by atoms with Crippen molar-refractivity contribution in [2.24, 2.45) is 0 Å². The minimum absolute atomic E-state index is 0.131. The van der Waals surface area contributed by atoms with Crippen molar-refractivity contribution >= 4 is 0 Å². The number of hydrogen-bond acceptors (Lipinski definition) is 3. The van der Waals surface area contributed by atoms with Gasteiger partial charge in [0.25, 0.3) is 0 Å². The molecule has 4 heteroatoms. The first-order chi connectivity index (χ1) is 9.59. The second-order valence-electron chi connectivity index (χ2n) is 6.30. The Morgan fingerprint density at radius 1 is 1.40 bits per heavy atom. The highest BCUT2D eigenvalue weighted by atomic mass is 19.1. The zero-order chi connectivity index (χ0) is 14.2. The zero-order valence-corrected chi connectivity index (χ0v) is 12.3. The molecule has 0 spiro atoms. The summed E-state index contributed by atoms with van der Waals surface area (Å²) in [4.78, 5) is 2.34. The van der Waals surface area contributed by atoms with Gasteiger partial charge < -0.3 is 15.0 Å². The number of ether oxygens (including phenoxy) is 1. The van der Waals surface area contributed by atoms with Gasteiger partial charge in [0.2, 0.25) is 0 Å². The maximum Gasteiger partial charge on any atom is 0.123 e. The SMILES string of the molecule is CN(C)C1(CNCC2Cc3cc(F)ccc3O2)CCC1. The Morgan fingerprint density at radius 3 is 2.85 bits per heavy atom. The van der Waals surface area contributed by atoms with Crippen LogP contribution in [0.25, 0.3) is 0 Å². The highest BCUT2D eigenvalue weighted by molar-refractivity contribution is 5.37. The monoisotopic (exact) mass is 278 g/mol. The van der Waals surface area contributed by atoms with E-state index in [0.717, 1.165) is 30.8 Å². The Balaban J connectivity index is 1.49. The van der Waals surface area contributed by atoms with Crippen molar-refractivity contribution in [3.63, 3.8) is 0 Å². The Kier molecular flexibility index (Phi) is 3.69. The van der Waals surface area contributed by atoms with Crippen LogP contribution in [0.5, 0.6) is 5.75 Å². The number of rotatable bonds is 5. The van der Waals surface area contributed by atoms with Crippen molar-refractivity contribution in [3.8, 4) is 5.75 Å². The number of benzene rings is 1. The van der Waals surface area contributed by atoms with Gasteiger partial charge in [-0.25, -0.2) is 4.39 Å². The third-order valence-corrected chi connectivity index (χ3v) is 4.82. The summed E-state index contributed by atoms with van der Waals surface area (Å²) in [5, 5.41) is 3.54. The van der Waals surface area contributed by atoms with E-state index in [2.05, 4.69) is 24.3 Å². The van der Waals surface area contributed by atoms with Gasteiger partial charge in [-0.1, -0.05) is 0 Å². The van der Waals surface area contributed by atoms with Crippen molar-refractivity contribution in [2.45, 2.75) is 37.3 Å². The molecule has 1 fully saturated rings. The zero-order valence-electron chi connectivity index (χ0n) is 12.3. The average molecular weight is 278 g/mol. The number of halogens is 1. The van der Waals surface area contributed by atoms with Gasteiger partial charge in [-0.2, -0.15) is 0 Å². The highest BCUT2D eigenvalue weighted by Crippen LogP contribution is 2.35. The van der Waals surface area contributed by atoms with Gasteiger partial charge in [0, 0.05) is 30.6 Å². The van der Waals surface area contributed by atoms with Crippen LogP contribution in [0.4, 0.5) is 4.39 Å². The van der Waals surface area contributed by atoms with E-state index >= 15 is 0 Å². The van der Waals surface area contributed by atoms with Crippen molar-refractivity contribution in [3.05, 3.63) is 29.6 Å². The van der Waals surface area contributed by atoms with E-state index < -0.39 is 0 Å². The Hall–Kier alpha value is -1.13.